The Bertz CT molecular complexity index is 319. The second-order valence-corrected chi connectivity index (χ2v) is 4.36. The van der Waals surface area contributed by atoms with Crippen molar-refractivity contribution in [1.29, 1.82) is 0 Å². The van der Waals surface area contributed by atoms with Gasteiger partial charge in [0.1, 0.15) is 6.04 Å². The van der Waals surface area contributed by atoms with Gasteiger partial charge in [-0.3, -0.25) is 15.1 Å². The van der Waals surface area contributed by atoms with E-state index in [4.69, 9.17) is 5.11 Å². The van der Waals surface area contributed by atoms with Gasteiger partial charge in [-0.2, -0.15) is 11.8 Å². The summed E-state index contributed by atoms with van der Waals surface area (Å²) in [6.07, 6.45) is 4.30. The third kappa shape index (κ3) is 4.63. The highest BCUT2D eigenvalue weighted by Gasteiger charge is 2.15. The van der Waals surface area contributed by atoms with Crippen molar-refractivity contribution in [3.8, 4) is 0 Å². The molecule has 1 atom stereocenters. The lowest BCUT2D eigenvalue weighted by Gasteiger charge is -2.13. The number of hydrogen-bond acceptors (Lipinski definition) is 4. The molecule has 0 aliphatic heterocycles. The first kappa shape index (κ1) is 13.0. The van der Waals surface area contributed by atoms with Crippen molar-refractivity contribution >= 4 is 17.7 Å². The molecule has 1 aromatic rings. The first-order chi connectivity index (χ1) is 7.74. The summed E-state index contributed by atoms with van der Waals surface area (Å²) in [6.45, 7) is 0.492. The Morgan fingerprint density at radius 2 is 2.44 bits per heavy atom. The molecule has 0 radical (unpaired) electrons. The van der Waals surface area contributed by atoms with E-state index in [0.717, 1.165) is 11.4 Å². The summed E-state index contributed by atoms with van der Waals surface area (Å²) in [5, 5.41) is 12.0. The van der Waals surface area contributed by atoms with Gasteiger partial charge in [-0.15, -0.1) is 0 Å². The number of carboxylic acid groups (broad SMARTS) is 1. The fourth-order valence-electron chi connectivity index (χ4n) is 1.28. The molecule has 1 rings (SSSR count). The molecular weight excluding hydrogens is 224 g/mol. The van der Waals surface area contributed by atoms with Gasteiger partial charge in [0.2, 0.25) is 0 Å². The van der Waals surface area contributed by atoms with Crippen molar-refractivity contribution in [2.45, 2.75) is 19.0 Å². The van der Waals surface area contributed by atoms with Gasteiger partial charge in [-0.1, -0.05) is 6.07 Å². The first-order valence-electron chi connectivity index (χ1n) is 5.09. The molecule has 0 bridgehead atoms. The largest absolute Gasteiger partial charge is 0.480 e. The molecule has 1 aromatic heterocycles. The zero-order valence-electron chi connectivity index (χ0n) is 9.22. The number of nitrogens with zero attached hydrogens (tertiary/aromatic N) is 1. The molecule has 88 valence electrons. The molecule has 0 amide bonds. The number of aliphatic carboxylic acids is 1. The van der Waals surface area contributed by atoms with Crippen molar-refractivity contribution in [2.75, 3.05) is 12.0 Å². The van der Waals surface area contributed by atoms with Crippen molar-refractivity contribution < 1.29 is 9.90 Å². The lowest BCUT2D eigenvalue weighted by molar-refractivity contribution is -0.139. The number of carboxylic acids is 1. The molecule has 0 fully saturated rings. The van der Waals surface area contributed by atoms with E-state index >= 15 is 0 Å². The second-order valence-electron chi connectivity index (χ2n) is 3.37. The molecule has 0 aliphatic rings. The Morgan fingerprint density at radius 3 is 3.00 bits per heavy atom. The van der Waals surface area contributed by atoms with E-state index in [0.29, 0.717) is 13.0 Å². The summed E-state index contributed by atoms with van der Waals surface area (Å²) in [5.41, 5.74) is 0.859. The third-order valence-corrected chi connectivity index (χ3v) is 2.81. The topological polar surface area (TPSA) is 62.2 Å². The van der Waals surface area contributed by atoms with Crippen LogP contribution in [0.25, 0.3) is 0 Å². The van der Waals surface area contributed by atoms with Crippen LogP contribution in [0, 0.1) is 0 Å². The van der Waals surface area contributed by atoms with Crippen molar-refractivity contribution in [2.24, 2.45) is 0 Å². The maximum absolute atomic E-state index is 10.9. The number of rotatable bonds is 7. The average Bonchev–Trinajstić information content (AvgIpc) is 2.30. The standard InChI is InChI=1S/C11H16N2O2S/c1-16-7-5-10(11(14)15)13-8-9-4-2-3-6-12-9/h2-4,6,10,13H,5,7-8H2,1H3,(H,14,15). The zero-order chi connectivity index (χ0) is 11.8. The minimum absolute atomic E-state index is 0.491. The molecule has 0 aromatic carbocycles. The highest BCUT2D eigenvalue weighted by atomic mass is 32.2. The van der Waals surface area contributed by atoms with Crippen molar-refractivity contribution in [1.82, 2.24) is 10.3 Å². The fraction of sp³-hybridized carbons (Fsp3) is 0.455. The van der Waals surface area contributed by atoms with Crippen LogP contribution in [0.15, 0.2) is 24.4 Å². The number of hydrogen-bond donors (Lipinski definition) is 2. The van der Waals surface area contributed by atoms with E-state index in [1.165, 1.54) is 0 Å². The minimum Gasteiger partial charge on any atom is -0.480 e. The maximum atomic E-state index is 10.9. The van der Waals surface area contributed by atoms with Crippen LogP contribution in [-0.2, 0) is 11.3 Å². The summed E-state index contributed by atoms with van der Waals surface area (Å²) in [5.74, 6) is 0.0385. The van der Waals surface area contributed by atoms with E-state index in [-0.39, 0.29) is 0 Å². The highest BCUT2D eigenvalue weighted by Crippen LogP contribution is 2.02. The molecule has 5 heteroatoms. The van der Waals surface area contributed by atoms with Gasteiger partial charge < -0.3 is 5.11 Å². The molecule has 4 nitrogen and oxygen atoms in total. The van der Waals surface area contributed by atoms with Crippen LogP contribution >= 0.6 is 11.8 Å². The van der Waals surface area contributed by atoms with Crippen LogP contribution in [0.2, 0.25) is 0 Å². The highest BCUT2D eigenvalue weighted by molar-refractivity contribution is 7.98. The molecule has 2 N–H and O–H groups in total. The van der Waals surface area contributed by atoms with Crippen LogP contribution in [0.4, 0.5) is 0 Å². The summed E-state index contributed by atoms with van der Waals surface area (Å²) >= 11 is 1.65. The second kappa shape index (κ2) is 7.24. The smallest absolute Gasteiger partial charge is 0.320 e. The van der Waals surface area contributed by atoms with Crippen LogP contribution in [0.5, 0.6) is 0 Å². The Kier molecular flexibility index (Phi) is 5.88. The first-order valence-corrected chi connectivity index (χ1v) is 6.48. The predicted molar refractivity (Wildman–Crippen MR) is 65.5 cm³/mol. The Labute approximate surface area is 99.5 Å². The van der Waals surface area contributed by atoms with E-state index in [2.05, 4.69) is 10.3 Å². The molecule has 0 saturated carbocycles. The lowest BCUT2D eigenvalue weighted by Crippen LogP contribution is -2.36. The monoisotopic (exact) mass is 240 g/mol. The Hall–Kier alpha value is -1.07. The number of nitrogens with one attached hydrogen (secondary N) is 1. The van der Waals surface area contributed by atoms with E-state index in [9.17, 15) is 4.79 Å². The average molecular weight is 240 g/mol. The van der Waals surface area contributed by atoms with Gasteiger partial charge in [0.25, 0.3) is 0 Å². The van der Waals surface area contributed by atoms with E-state index in [1.54, 1.807) is 18.0 Å². The SMILES string of the molecule is CSCCC(NCc1ccccn1)C(=O)O. The van der Waals surface area contributed by atoms with Crippen molar-refractivity contribution in [3.63, 3.8) is 0 Å². The Morgan fingerprint density at radius 1 is 1.62 bits per heavy atom. The van der Waals surface area contributed by atoms with E-state index < -0.39 is 12.0 Å². The van der Waals surface area contributed by atoms with Crippen LogP contribution < -0.4 is 5.32 Å². The molecule has 1 heterocycles. The van der Waals surface area contributed by atoms with Gasteiger partial charge in [-0.05, 0) is 30.6 Å². The van der Waals surface area contributed by atoms with E-state index in [1.807, 2.05) is 24.5 Å². The van der Waals surface area contributed by atoms with Gasteiger partial charge in [0, 0.05) is 12.7 Å². The maximum Gasteiger partial charge on any atom is 0.320 e. The lowest BCUT2D eigenvalue weighted by atomic mass is 10.2. The summed E-state index contributed by atoms with van der Waals surface area (Å²) in [6, 6.07) is 5.11. The van der Waals surface area contributed by atoms with Crippen LogP contribution in [0.1, 0.15) is 12.1 Å². The van der Waals surface area contributed by atoms with Crippen molar-refractivity contribution in [3.05, 3.63) is 30.1 Å². The van der Waals surface area contributed by atoms with Gasteiger partial charge in [0.05, 0.1) is 5.69 Å². The van der Waals surface area contributed by atoms with Gasteiger partial charge in [-0.25, -0.2) is 0 Å². The van der Waals surface area contributed by atoms with Gasteiger partial charge in [0.15, 0.2) is 0 Å². The zero-order valence-corrected chi connectivity index (χ0v) is 10.0. The number of thioether (sulfide) groups is 1. The number of carbonyl (C=O) groups is 1. The molecule has 0 spiro atoms. The molecular formula is C11H16N2O2S. The predicted octanol–water partition coefficient (Wildman–Crippen LogP) is 1.38. The molecule has 0 aliphatic carbocycles. The number of pyridine rings is 1. The summed E-state index contributed by atoms with van der Waals surface area (Å²) < 4.78 is 0. The number of aromatic nitrogens is 1. The Balaban J connectivity index is 2.41. The summed E-state index contributed by atoms with van der Waals surface area (Å²) in [7, 11) is 0. The van der Waals surface area contributed by atoms with Gasteiger partial charge >= 0.3 is 5.97 Å². The third-order valence-electron chi connectivity index (χ3n) is 2.16. The molecule has 16 heavy (non-hydrogen) atoms. The quantitative estimate of drug-likeness (QED) is 0.754. The fourth-order valence-corrected chi connectivity index (χ4v) is 1.75. The molecule has 0 saturated heterocycles. The summed E-state index contributed by atoms with van der Waals surface area (Å²) in [4.78, 5) is 15.1. The van der Waals surface area contributed by atoms with Crippen LogP contribution in [-0.4, -0.2) is 34.1 Å². The minimum atomic E-state index is -0.801. The normalized spacial score (nSPS) is 12.3. The van der Waals surface area contributed by atoms with Crippen LogP contribution in [0.3, 0.4) is 0 Å². The molecule has 1 unspecified atom stereocenters.